The van der Waals surface area contributed by atoms with Crippen molar-refractivity contribution in [1.29, 1.82) is 0 Å². The first-order chi connectivity index (χ1) is 12.1. The van der Waals surface area contributed by atoms with Crippen LogP contribution in [-0.4, -0.2) is 23.4 Å². The highest BCUT2D eigenvalue weighted by molar-refractivity contribution is 8.26. The average molecular weight is 371 g/mol. The number of carbonyl (C=O) groups excluding carboxylic acids is 1. The SMILES string of the molecule is Cc1ccccc1OCCOc1cccc(C=C2SC(=S)NC2=O)c1. The molecule has 2 aromatic carbocycles. The number of thioether (sulfide) groups is 1. The minimum Gasteiger partial charge on any atom is -0.490 e. The fourth-order valence-corrected chi connectivity index (χ4v) is 3.34. The van der Waals surface area contributed by atoms with Crippen molar-refractivity contribution in [3.8, 4) is 11.5 Å². The Morgan fingerprint density at radius 3 is 2.68 bits per heavy atom. The van der Waals surface area contributed by atoms with Crippen molar-refractivity contribution in [1.82, 2.24) is 5.32 Å². The zero-order chi connectivity index (χ0) is 17.6. The summed E-state index contributed by atoms with van der Waals surface area (Å²) in [6.07, 6.45) is 1.80. The summed E-state index contributed by atoms with van der Waals surface area (Å²) in [4.78, 5) is 12.3. The highest BCUT2D eigenvalue weighted by atomic mass is 32.2. The highest BCUT2D eigenvalue weighted by Gasteiger charge is 2.21. The maximum atomic E-state index is 11.7. The van der Waals surface area contributed by atoms with Gasteiger partial charge in [0.15, 0.2) is 0 Å². The number of ether oxygens (including phenoxy) is 2. The molecule has 1 aliphatic rings. The van der Waals surface area contributed by atoms with Gasteiger partial charge in [-0.05, 0) is 42.3 Å². The normalized spacial score (nSPS) is 15.3. The summed E-state index contributed by atoms with van der Waals surface area (Å²) in [6.45, 7) is 2.91. The number of hydrogen-bond donors (Lipinski definition) is 1. The van der Waals surface area contributed by atoms with Crippen LogP contribution in [0.4, 0.5) is 0 Å². The first kappa shape index (κ1) is 17.5. The lowest BCUT2D eigenvalue weighted by atomic mass is 10.2. The second-order valence-electron chi connectivity index (χ2n) is 5.39. The van der Waals surface area contributed by atoms with E-state index in [-0.39, 0.29) is 5.91 Å². The molecule has 128 valence electrons. The Morgan fingerprint density at radius 2 is 1.92 bits per heavy atom. The summed E-state index contributed by atoms with van der Waals surface area (Å²) in [7, 11) is 0. The Labute approximate surface area is 156 Å². The number of hydrogen-bond acceptors (Lipinski definition) is 5. The van der Waals surface area contributed by atoms with Crippen LogP contribution in [0.2, 0.25) is 0 Å². The van der Waals surface area contributed by atoms with Crippen LogP contribution >= 0.6 is 24.0 Å². The number of rotatable bonds is 6. The smallest absolute Gasteiger partial charge is 0.263 e. The molecule has 1 heterocycles. The summed E-state index contributed by atoms with van der Waals surface area (Å²) < 4.78 is 11.9. The van der Waals surface area contributed by atoms with E-state index in [9.17, 15) is 4.79 Å². The van der Waals surface area contributed by atoms with E-state index in [0.717, 1.165) is 22.6 Å². The monoisotopic (exact) mass is 371 g/mol. The molecule has 1 fully saturated rings. The van der Waals surface area contributed by atoms with Crippen LogP contribution in [0.3, 0.4) is 0 Å². The molecule has 1 N–H and O–H groups in total. The van der Waals surface area contributed by atoms with Gasteiger partial charge in [0.1, 0.15) is 29.0 Å². The molecule has 1 amide bonds. The molecule has 0 spiro atoms. The van der Waals surface area contributed by atoms with E-state index in [0.29, 0.717) is 22.4 Å². The summed E-state index contributed by atoms with van der Waals surface area (Å²) in [5.41, 5.74) is 1.99. The third-order valence-electron chi connectivity index (χ3n) is 3.50. The molecule has 0 unspecified atom stereocenters. The first-order valence-corrected chi connectivity index (χ1v) is 9.00. The van der Waals surface area contributed by atoms with E-state index in [1.165, 1.54) is 11.8 Å². The summed E-state index contributed by atoms with van der Waals surface area (Å²) >= 11 is 6.25. The molecule has 0 aliphatic carbocycles. The molecule has 25 heavy (non-hydrogen) atoms. The quantitative estimate of drug-likeness (QED) is 0.473. The van der Waals surface area contributed by atoms with Gasteiger partial charge in [-0.3, -0.25) is 4.79 Å². The van der Waals surface area contributed by atoms with Gasteiger partial charge in [-0.25, -0.2) is 0 Å². The van der Waals surface area contributed by atoms with Crippen LogP contribution in [0, 0.1) is 6.92 Å². The number of para-hydroxylation sites is 1. The average Bonchev–Trinajstić information content (AvgIpc) is 2.91. The van der Waals surface area contributed by atoms with Crippen LogP contribution in [0.5, 0.6) is 11.5 Å². The van der Waals surface area contributed by atoms with Crippen molar-refractivity contribution in [3.05, 3.63) is 64.6 Å². The fraction of sp³-hybridized carbons (Fsp3) is 0.158. The number of benzene rings is 2. The van der Waals surface area contributed by atoms with Gasteiger partial charge in [0, 0.05) is 0 Å². The largest absolute Gasteiger partial charge is 0.490 e. The zero-order valence-electron chi connectivity index (χ0n) is 13.7. The molecule has 0 radical (unpaired) electrons. The molecule has 1 saturated heterocycles. The van der Waals surface area contributed by atoms with Crippen molar-refractivity contribution < 1.29 is 14.3 Å². The van der Waals surface area contributed by atoms with Crippen molar-refractivity contribution >= 4 is 40.3 Å². The van der Waals surface area contributed by atoms with Crippen molar-refractivity contribution in [2.75, 3.05) is 13.2 Å². The number of carbonyl (C=O) groups is 1. The molecule has 0 atom stereocenters. The zero-order valence-corrected chi connectivity index (χ0v) is 15.3. The Balaban J connectivity index is 1.55. The third-order valence-corrected chi connectivity index (χ3v) is 4.66. The Morgan fingerprint density at radius 1 is 1.12 bits per heavy atom. The molecular weight excluding hydrogens is 354 g/mol. The highest BCUT2D eigenvalue weighted by Crippen LogP contribution is 2.26. The van der Waals surface area contributed by atoms with E-state index in [1.54, 1.807) is 6.08 Å². The van der Waals surface area contributed by atoms with E-state index in [1.807, 2.05) is 55.5 Å². The lowest BCUT2D eigenvalue weighted by Crippen LogP contribution is -2.17. The van der Waals surface area contributed by atoms with Gasteiger partial charge in [-0.15, -0.1) is 0 Å². The number of thiocarbonyl (C=S) groups is 1. The lowest BCUT2D eigenvalue weighted by molar-refractivity contribution is -0.115. The van der Waals surface area contributed by atoms with E-state index >= 15 is 0 Å². The summed E-state index contributed by atoms with van der Waals surface area (Å²) in [5, 5.41) is 2.60. The van der Waals surface area contributed by atoms with Gasteiger partial charge in [-0.2, -0.15) is 0 Å². The van der Waals surface area contributed by atoms with Crippen LogP contribution in [0.1, 0.15) is 11.1 Å². The van der Waals surface area contributed by atoms with Crippen LogP contribution in [0.15, 0.2) is 53.4 Å². The summed E-state index contributed by atoms with van der Waals surface area (Å²) in [5.74, 6) is 1.44. The van der Waals surface area contributed by atoms with E-state index < -0.39 is 0 Å². The van der Waals surface area contributed by atoms with Crippen molar-refractivity contribution in [3.63, 3.8) is 0 Å². The van der Waals surface area contributed by atoms with Gasteiger partial charge in [0.2, 0.25) is 0 Å². The van der Waals surface area contributed by atoms with E-state index in [2.05, 4.69) is 5.32 Å². The van der Waals surface area contributed by atoms with Crippen molar-refractivity contribution in [2.45, 2.75) is 6.92 Å². The predicted molar refractivity (Wildman–Crippen MR) is 105 cm³/mol. The fourth-order valence-electron chi connectivity index (χ4n) is 2.30. The molecule has 2 aromatic rings. The van der Waals surface area contributed by atoms with Crippen LogP contribution < -0.4 is 14.8 Å². The van der Waals surface area contributed by atoms with Gasteiger partial charge >= 0.3 is 0 Å². The number of nitrogens with one attached hydrogen (secondary N) is 1. The van der Waals surface area contributed by atoms with Gasteiger partial charge in [-0.1, -0.05) is 54.3 Å². The number of aryl methyl sites for hydroxylation is 1. The molecule has 0 aromatic heterocycles. The topological polar surface area (TPSA) is 47.6 Å². The molecule has 0 saturated carbocycles. The standard InChI is InChI=1S/C19H17NO3S2/c1-13-5-2-3-8-16(13)23-10-9-22-15-7-4-6-14(11-15)12-17-18(21)20-19(24)25-17/h2-8,11-12H,9-10H2,1H3,(H,20,21,24). The maximum absolute atomic E-state index is 11.7. The second kappa shape index (κ2) is 8.18. The molecule has 3 rings (SSSR count). The Bertz CT molecular complexity index is 833. The molecule has 0 bridgehead atoms. The first-order valence-electron chi connectivity index (χ1n) is 7.78. The van der Waals surface area contributed by atoms with Crippen LogP contribution in [0.25, 0.3) is 6.08 Å². The third kappa shape index (κ3) is 4.84. The van der Waals surface area contributed by atoms with Crippen molar-refractivity contribution in [2.24, 2.45) is 0 Å². The molecule has 1 aliphatic heterocycles. The van der Waals surface area contributed by atoms with Gasteiger partial charge in [0.25, 0.3) is 5.91 Å². The van der Waals surface area contributed by atoms with Crippen LogP contribution in [-0.2, 0) is 4.79 Å². The van der Waals surface area contributed by atoms with Gasteiger partial charge in [0.05, 0.1) is 4.91 Å². The minimum atomic E-state index is -0.159. The lowest BCUT2D eigenvalue weighted by Gasteiger charge is -2.10. The van der Waals surface area contributed by atoms with Gasteiger partial charge < -0.3 is 14.8 Å². The molecule has 6 heteroatoms. The predicted octanol–water partition coefficient (Wildman–Crippen LogP) is 3.94. The maximum Gasteiger partial charge on any atom is 0.263 e. The molecular formula is C19H17NO3S2. The number of amides is 1. The second-order valence-corrected chi connectivity index (χ2v) is 7.11. The summed E-state index contributed by atoms with van der Waals surface area (Å²) in [6, 6.07) is 15.4. The van der Waals surface area contributed by atoms with E-state index in [4.69, 9.17) is 21.7 Å². The Hall–Kier alpha value is -2.31. The molecule has 4 nitrogen and oxygen atoms in total. The minimum absolute atomic E-state index is 0.159. The Kier molecular flexibility index (Phi) is 5.73.